The number of fused-ring (bicyclic) bond motifs is 3. The molecule has 3 aliphatic carbocycles. The molecule has 0 aromatic heterocycles. The first kappa shape index (κ1) is 45.6. The van der Waals surface area contributed by atoms with Crippen LogP contribution in [0.2, 0.25) is 0 Å². The summed E-state index contributed by atoms with van der Waals surface area (Å²) in [7, 11) is 0. The molecule has 3 aromatic rings. The van der Waals surface area contributed by atoms with Crippen molar-refractivity contribution in [2.45, 2.75) is 113 Å². The quantitative estimate of drug-likeness (QED) is 0.0432. The lowest BCUT2D eigenvalue weighted by Gasteiger charge is -2.60. The average molecular weight is 909 g/mol. The molecule has 65 heavy (non-hydrogen) atoms. The van der Waals surface area contributed by atoms with Crippen molar-refractivity contribution in [3.05, 3.63) is 102 Å². The Labute approximate surface area is 387 Å². The summed E-state index contributed by atoms with van der Waals surface area (Å²) >= 11 is 1.76. The van der Waals surface area contributed by atoms with Gasteiger partial charge in [-0.2, -0.15) is 0 Å². The van der Waals surface area contributed by atoms with Crippen LogP contribution in [0.1, 0.15) is 94.1 Å². The molecule has 12 nitrogen and oxygen atoms in total. The van der Waals surface area contributed by atoms with E-state index in [0.29, 0.717) is 56.3 Å². The molecule has 0 bridgehead atoms. The minimum absolute atomic E-state index is 0.0535. The summed E-state index contributed by atoms with van der Waals surface area (Å²) in [6, 6.07) is 21.7. The van der Waals surface area contributed by atoms with Gasteiger partial charge >= 0.3 is 0 Å². The van der Waals surface area contributed by atoms with E-state index in [1.807, 2.05) is 53.4 Å². The van der Waals surface area contributed by atoms with E-state index < -0.39 is 24.0 Å². The van der Waals surface area contributed by atoms with Crippen LogP contribution in [0.15, 0.2) is 101 Å². The van der Waals surface area contributed by atoms with Gasteiger partial charge in [-0.1, -0.05) is 54.4 Å². The molecule has 3 heterocycles. The number of aliphatic hydroxyl groups excluding tert-OH is 2. The SMILES string of the molecule is C=CCO[C@@]12Oc3ccc(OCCSc4ccccc4)cc3[C@H]3[C@H](CCCCO)[C@@H](CCCCO)C=C(C(=NOC4CCCCO4)C[C@@H]1N(Cc1ccc4c(c1)OCO4)C(=O)C1CC1)[C@H]32. The van der Waals surface area contributed by atoms with Crippen LogP contribution in [-0.4, -0.2) is 90.4 Å². The van der Waals surface area contributed by atoms with Crippen LogP contribution in [-0.2, 0) is 25.7 Å². The summed E-state index contributed by atoms with van der Waals surface area (Å²) in [6.07, 6.45) is 13.1. The first-order valence-electron chi connectivity index (χ1n) is 23.8. The highest BCUT2D eigenvalue weighted by molar-refractivity contribution is 7.99. The number of rotatable bonds is 22. The van der Waals surface area contributed by atoms with Crippen LogP contribution in [0.3, 0.4) is 0 Å². The molecule has 348 valence electrons. The fourth-order valence-electron chi connectivity index (χ4n) is 10.6. The molecule has 1 amide bonds. The lowest BCUT2D eigenvalue weighted by Crippen LogP contribution is -2.70. The number of carbonyl (C=O) groups is 1. The van der Waals surface area contributed by atoms with E-state index in [9.17, 15) is 10.2 Å². The van der Waals surface area contributed by atoms with E-state index in [0.717, 1.165) is 91.7 Å². The van der Waals surface area contributed by atoms with E-state index in [1.165, 1.54) is 4.90 Å². The number of nitrogens with zero attached hydrogens (tertiary/aromatic N) is 2. The molecule has 9 rings (SSSR count). The van der Waals surface area contributed by atoms with Gasteiger partial charge < -0.3 is 48.4 Å². The number of hydrogen-bond donors (Lipinski definition) is 2. The molecule has 3 fully saturated rings. The number of amides is 1. The Morgan fingerprint density at radius 1 is 0.938 bits per heavy atom. The van der Waals surface area contributed by atoms with E-state index in [2.05, 4.69) is 30.9 Å². The number of thioether (sulfide) groups is 1. The van der Waals surface area contributed by atoms with Gasteiger partial charge in [0.2, 0.25) is 24.8 Å². The molecule has 3 aromatic carbocycles. The minimum Gasteiger partial charge on any atom is -0.493 e. The summed E-state index contributed by atoms with van der Waals surface area (Å²) in [5.74, 6) is 1.78. The van der Waals surface area contributed by atoms with Crippen LogP contribution in [0.25, 0.3) is 0 Å². The van der Waals surface area contributed by atoms with Gasteiger partial charge in [0.05, 0.1) is 31.5 Å². The largest absolute Gasteiger partial charge is 0.493 e. The highest BCUT2D eigenvalue weighted by Crippen LogP contribution is 2.62. The normalized spacial score (nSPS) is 26.9. The number of carbonyl (C=O) groups excluding carboxylic acids is 1. The number of oxime groups is 1. The van der Waals surface area contributed by atoms with Gasteiger partial charge in [0.15, 0.2) is 11.5 Å². The second-order valence-electron chi connectivity index (χ2n) is 18.1. The van der Waals surface area contributed by atoms with Gasteiger partial charge in [-0.25, -0.2) is 0 Å². The molecule has 2 saturated carbocycles. The maximum Gasteiger partial charge on any atom is 0.239 e. The first-order valence-corrected chi connectivity index (χ1v) is 24.8. The van der Waals surface area contributed by atoms with Crippen molar-refractivity contribution in [1.29, 1.82) is 0 Å². The molecule has 7 atom stereocenters. The predicted molar refractivity (Wildman–Crippen MR) is 248 cm³/mol. The topological polar surface area (TPSA) is 138 Å². The summed E-state index contributed by atoms with van der Waals surface area (Å²) in [5, 5.41) is 25.1. The third-order valence-electron chi connectivity index (χ3n) is 13.8. The fraction of sp³-hybridized carbons (Fsp3) is 0.538. The molecule has 2 N–H and O–H groups in total. The van der Waals surface area contributed by atoms with Gasteiger partial charge in [0.1, 0.15) is 17.5 Å². The number of unbranched alkanes of at least 4 members (excludes halogenated alkanes) is 2. The Morgan fingerprint density at radius 2 is 1.75 bits per heavy atom. The molecule has 13 heteroatoms. The van der Waals surface area contributed by atoms with Gasteiger partial charge in [-0.3, -0.25) is 4.79 Å². The number of ether oxygens (including phenoxy) is 6. The van der Waals surface area contributed by atoms with Crippen LogP contribution < -0.4 is 18.9 Å². The molecular formula is C52H64N2O10S. The second kappa shape index (κ2) is 21.4. The lowest BCUT2D eigenvalue weighted by molar-refractivity contribution is -0.258. The predicted octanol–water partition coefficient (Wildman–Crippen LogP) is 9.19. The minimum atomic E-state index is -1.36. The van der Waals surface area contributed by atoms with Crippen molar-refractivity contribution < 1.29 is 48.3 Å². The molecular weight excluding hydrogens is 845 g/mol. The first-order chi connectivity index (χ1) is 32.0. The van der Waals surface area contributed by atoms with Crippen LogP contribution in [0, 0.1) is 23.7 Å². The Morgan fingerprint density at radius 3 is 2.54 bits per heavy atom. The third kappa shape index (κ3) is 10.2. The highest BCUT2D eigenvalue weighted by atomic mass is 32.2. The Hall–Kier alpha value is -4.53. The average Bonchev–Trinajstić information content (AvgIpc) is 4.09. The van der Waals surface area contributed by atoms with Crippen LogP contribution in [0.5, 0.6) is 23.0 Å². The Kier molecular flexibility index (Phi) is 15.0. The smallest absolute Gasteiger partial charge is 0.239 e. The van der Waals surface area contributed by atoms with E-state index in [-0.39, 0.29) is 56.2 Å². The van der Waals surface area contributed by atoms with E-state index in [1.54, 1.807) is 17.8 Å². The molecule has 1 unspecified atom stereocenters. The van der Waals surface area contributed by atoms with Crippen molar-refractivity contribution in [3.63, 3.8) is 0 Å². The number of benzene rings is 3. The van der Waals surface area contributed by atoms with Crippen LogP contribution in [0.4, 0.5) is 0 Å². The van der Waals surface area contributed by atoms with Gasteiger partial charge in [-0.05, 0) is 117 Å². The van der Waals surface area contributed by atoms with Crippen molar-refractivity contribution in [2.75, 3.05) is 45.6 Å². The third-order valence-corrected chi connectivity index (χ3v) is 14.8. The van der Waals surface area contributed by atoms with Crippen molar-refractivity contribution >= 4 is 23.4 Å². The number of hydrogen-bond acceptors (Lipinski definition) is 12. The zero-order valence-electron chi connectivity index (χ0n) is 37.4. The summed E-state index contributed by atoms with van der Waals surface area (Å²) < 4.78 is 38.8. The van der Waals surface area contributed by atoms with Crippen LogP contribution >= 0.6 is 11.8 Å². The van der Waals surface area contributed by atoms with Gasteiger partial charge in [0, 0.05) is 60.6 Å². The van der Waals surface area contributed by atoms with Crippen molar-refractivity contribution in [1.82, 2.24) is 4.90 Å². The summed E-state index contributed by atoms with van der Waals surface area (Å²) in [4.78, 5) is 24.5. The Bertz CT molecular complexity index is 2160. The van der Waals surface area contributed by atoms with Gasteiger partial charge in [-0.15, -0.1) is 18.3 Å². The Balaban J connectivity index is 1.18. The van der Waals surface area contributed by atoms with Gasteiger partial charge in [0.25, 0.3) is 0 Å². The fourth-order valence-corrected chi connectivity index (χ4v) is 11.4. The van der Waals surface area contributed by atoms with Crippen molar-refractivity contribution in [2.24, 2.45) is 28.8 Å². The molecule has 6 aliphatic rings. The lowest BCUT2D eigenvalue weighted by atomic mass is 9.55. The van der Waals surface area contributed by atoms with E-state index in [4.69, 9.17) is 38.4 Å². The highest BCUT2D eigenvalue weighted by Gasteiger charge is 2.66. The molecule has 0 radical (unpaired) electrons. The number of allylic oxidation sites excluding steroid dienone is 1. The monoisotopic (exact) mass is 908 g/mol. The summed E-state index contributed by atoms with van der Waals surface area (Å²) in [6.45, 7) is 6.10. The maximum atomic E-state index is 15.0. The zero-order valence-corrected chi connectivity index (χ0v) is 38.2. The van der Waals surface area contributed by atoms with Crippen molar-refractivity contribution in [3.8, 4) is 23.0 Å². The second-order valence-corrected chi connectivity index (χ2v) is 19.3. The maximum absolute atomic E-state index is 15.0. The number of aliphatic hydroxyl groups is 2. The molecule has 1 saturated heterocycles. The standard InChI is InChI=1S/C52H64N2O10S/c1-2-25-62-52-47(54(51(57)36-18-19-36)33-35-17-21-45-46(29-35)61-34-60-45)32-43(53-64-48-16-8-11-26-59-48)41-30-37(12-6-9-23-55)40(15-7-10-24-56)49(50(41)52)42-31-38(20-22-44(42)63-52)58-27-28-65-39-13-4-3-5-14-39/h2-5,13-14,17,20-22,29-31,36-37,40,47-50,55-56H,1,6-12,15-16,18-19,23-28,32-34H2/t37-,40+,47-,48?,49+,50+,52+/m0/s1. The molecule has 3 aliphatic heterocycles. The summed E-state index contributed by atoms with van der Waals surface area (Å²) in [5.41, 5.74) is 3.69. The zero-order chi connectivity index (χ0) is 44.6. The van der Waals surface area contributed by atoms with E-state index >= 15 is 4.79 Å². The molecule has 0 spiro atoms.